The highest BCUT2D eigenvalue weighted by molar-refractivity contribution is 8.34. The van der Waals surface area contributed by atoms with Crippen LogP contribution in [0.3, 0.4) is 0 Å². The van der Waals surface area contributed by atoms with E-state index in [0.717, 1.165) is 33.5 Å². The summed E-state index contributed by atoms with van der Waals surface area (Å²) in [5, 5.41) is 3.67. The van der Waals surface area contributed by atoms with E-state index in [9.17, 15) is 0 Å². The fourth-order valence-corrected chi connectivity index (χ4v) is 13.7. The van der Waals surface area contributed by atoms with Crippen LogP contribution >= 0.6 is 21.4 Å². The molecule has 48 heavy (non-hydrogen) atoms. The molecule has 0 saturated carbocycles. The highest BCUT2D eigenvalue weighted by Gasteiger charge is 2.47. The van der Waals surface area contributed by atoms with Gasteiger partial charge >= 0.3 is 0 Å². The topological polar surface area (TPSA) is 25.8 Å². The molecule has 0 fully saturated rings. The average Bonchev–Trinajstić information content (AvgIpc) is 3.78. The third kappa shape index (κ3) is 3.43. The third-order valence-electron chi connectivity index (χ3n) is 10.1. The lowest BCUT2D eigenvalue weighted by Gasteiger charge is -2.36. The van der Waals surface area contributed by atoms with Gasteiger partial charge in [-0.1, -0.05) is 109 Å². The first-order valence-corrected chi connectivity index (χ1v) is 18.7. The first kappa shape index (κ1) is 26.5. The lowest BCUT2D eigenvalue weighted by molar-refractivity contribution is 1.22. The Hall–Kier alpha value is -5.55. The number of thiophene rings is 1. The van der Waals surface area contributed by atoms with Crippen LogP contribution in [0.2, 0.25) is 0 Å². The van der Waals surface area contributed by atoms with Crippen LogP contribution < -0.4 is 0 Å². The van der Waals surface area contributed by atoms with Crippen LogP contribution in [0, 0.1) is 0 Å². The SMILES string of the molecule is c1ccc2c(c1)-c1ccccc1S21c2ccccc2-c2cc(-c3nc(-c4ccc5c(c4)sc4ccccc45)c4ccccc4n3)ccc21. The minimum Gasteiger partial charge on any atom is -0.228 e. The molecular formula is C44H26N2S2. The zero-order chi connectivity index (χ0) is 31.4. The zero-order valence-corrected chi connectivity index (χ0v) is 27.4. The Morgan fingerprint density at radius 1 is 0.396 bits per heavy atom. The van der Waals surface area contributed by atoms with Crippen molar-refractivity contribution in [1.29, 1.82) is 0 Å². The Morgan fingerprint density at radius 3 is 1.71 bits per heavy atom. The van der Waals surface area contributed by atoms with Gasteiger partial charge in [-0.25, -0.2) is 9.97 Å². The lowest BCUT2D eigenvalue weighted by atomic mass is 10.0. The van der Waals surface area contributed by atoms with Gasteiger partial charge in [0.25, 0.3) is 0 Å². The first-order chi connectivity index (χ1) is 23.8. The monoisotopic (exact) mass is 646 g/mol. The van der Waals surface area contributed by atoms with Crippen LogP contribution in [0.1, 0.15) is 0 Å². The molecule has 224 valence electrons. The van der Waals surface area contributed by atoms with Gasteiger partial charge in [0.2, 0.25) is 0 Å². The summed E-state index contributed by atoms with van der Waals surface area (Å²) >= 11 is 1.84. The number of hydrogen-bond acceptors (Lipinski definition) is 3. The molecule has 7 aromatic carbocycles. The van der Waals surface area contributed by atoms with E-state index in [2.05, 4.69) is 158 Å². The predicted octanol–water partition coefficient (Wildman–Crippen LogP) is 12.6. The number of aromatic nitrogens is 2. The molecule has 2 aliphatic heterocycles. The minimum absolute atomic E-state index is 0.753. The molecule has 4 heterocycles. The first-order valence-electron chi connectivity index (χ1n) is 16.2. The normalized spacial score (nSPS) is 14.2. The number of rotatable bonds is 2. The van der Waals surface area contributed by atoms with Gasteiger partial charge in [0.05, 0.1) is 11.2 Å². The van der Waals surface area contributed by atoms with Gasteiger partial charge in [0.15, 0.2) is 5.82 Å². The molecule has 4 heteroatoms. The summed E-state index contributed by atoms with van der Waals surface area (Å²) < 4.78 is 2.58. The fourth-order valence-electron chi connectivity index (χ4n) is 8.02. The zero-order valence-electron chi connectivity index (χ0n) is 25.7. The maximum absolute atomic E-state index is 5.34. The van der Waals surface area contributed by atoms with Crippen molar-refractivity contribution in [3.8, 4) is 44.9 Å². The van der Waals surface area contributed by atoms with E-state index in [1.165, 1.54) is 62.0 Å². The van der Waals surface area contributed by atoms with Crippen LogP contribution in [0.4, 0.5) is 0 Å². The van der Waals surface area contributed by atoms with Crippen molar-refractivity contribution in [2.75, 3.05) is 0 Å². The van der Waals surface area contributed by atoms with Gasteiger partial charge in [-0.15, -0.1) is 21.4 Å². The Bertz CT molecular complexity index is 2770. The van der Waals surface area contributed by atoms with E-state index in [1.807, 2.05) is 11.3 Å². The maximum atomic E-state index is 5.34. The number of nitrogens with zero attached hydrogens (tertiary/aromatic N) is 2. The number of hydrogen-bond donors (Lipinski definition) is 0. The Morgan fingerprint density at radius 2 is 0.958 bits per heavy atom. The van der Waals surface area contributed by atoms with Gasteiger partial charge in [-0.2, -0.15) is 0 Å². The van der Waals surface area contributed by atoms with E-state index in [4.69, 9.17) is 9.97 Å². The molecule has 0 aliphatic carbocycles. The summed E-state index contributed by atoms with van der Waals surface area (Å²) in [6.07, 6.45) is 0. The summed E-state index contributed by atoms with van der Waals surface area (Å²) in [4.78, 5) is 16.2. The minimum atomic E-state index is -1.62. The van der Waals surface area contributed by atoms with Crippen LogP contribution in [0.15, 0.2) is 177 Å². The van der Waals surface area contributed by atoms with E-state index in [-0.39, 0.29) is 0 Å². The summed E-state index contributed by atoms with van der Waals surface area (Å²) in [7, 11) is -1.62. The molecule has 0 saturated heterocycles. The lowest BCUT2D eigenvalue weighted by Crippen LogP contribution is -1.98. The summed E-state index contributed by atoms with van der Waals surface area (Å²) in [5.41, 5.74) is 9.38. The van der Waals surface area contributed by atoms with Crippen molar-refractivity contribution in [2.24, 2.45) is 0 Å². The molecule has 0 amide bonds. The Balaban J connectivity index is 1.14. The molecule has 0 N–H and O–H groups in total. The molecule has 11 rings (SSSR count). The summed E-state index contributed by atoms with van der Waals surface area (Å²) in [6.45, 7) is 0. The summed E-state index contributed by atoms with van der Waals surface area (Å²) in [6, 6.07) is 57.9. The maximum Gasteiger partial charge on any atom is 0.160 e. The van der Waals surface area contributed by atoms with E-state index < -0.39 is 10.0 Å². The number of benzene rings is 7. The standard InChI is InChI=1S/C44H26N2S2/c1-6-16-36-34(15-1)43(27-21-23-30-29-11-2-7-17-37(29)47-38(30)26-27)46-44(45-36)28-22-24-42-35(25-28)33-14-5-10-20-41(33)48(42)39-18-8-3-12-31(39)32-13-4-9-19-40(32)48/h1-26H. The second kappa shape index (κ2) is 9.74. The van der Waals surface area contributed by atoms with E-state index in [1.54, 1.807) is 0 Å². The van der Waals surface area contributed by atoms with Crippen molar-refractivity contribution >= 4 is 52.4 Å². The smallest absolute Gasteiger partial charge is 0.160 e. The predicted molar refractivity (Wildman–Crippen MR) is 201 cm³/mol. The number of fused-ring (bicyclic) bond motifs is 14. The van der Waals surface area contributed by atoms with Crippen molar-refractivity contribution in [1.82, 2.24) is 9.97 Å². The molecule has 0 radical (unpaired) electrons. The van der Waals surface area contributed by atoms with Crippen LogP contribution in [0.5, 0.6) is 0 Å². The highest BCUT2D eigenvalue weighted by atomic mass is 32.3. The van der Waals surface area contributed by atoms with Gasteiger partial charge in [0, 0.05) is 56.3 Å². The molecule has 0 atom stereocenters. The van der Waals surface area contributed by atoms with E-state index >= 15 is 0 Å². The third-order valence-corrected chi connectivity index (χ3v) is 15.3. The fraction of sp³-hybridized carbons (Fsp3) is 0. The average molecular weight is 647 g/mol. The van der Waals surface area contributed by atoms with E-state index in [0.29, 0.717) is 0 Å². The Labute approximate surface area is 283 Å². The molecule has 0 bridgehead atoms. The highest BCUT2D eigenvalue weighted by Crippen LogP contribution is 2.84. The molecule has 0 unspecified atom stereocenters. The van der Waals surface area contributed by atoms with Gasteiger partial charge in [0.1, 0.15) is 0 Å². The van der Waals surface area contributed by atoms with Crippen LogP contribution in [-0.2, 0) is 0 Å². The van der Waals surface area contributed by atoms with Crippen molar-refractivity contribution in [3.63, 3.8) is 0 Å². The largest absolute Gasteiger partial charge is 0.228 e. The molecule has 2 aliphatic rings. The van der Waals surface area contributed by atoms with Crippen molar-refractivity contribution in [2.45, 2.75) is 19.6 Å². The molecular weight excluding hydrogens is 621 g/mol. The van der Waals surface area contributed by atoms with Crippen LogP contribution in [0.25, 0.3) is 76.0 Å². The summed E-state index contributed by atoms with van der Waals surface area (Å²) in [5.74, 6) is 0.753. The van der Waals surface area contributed by atoms with Gasteiger partial charge in [-0.3, -0.25) is 0 Å². The van der Waals surface area contributed by atoms with Gasteiger partial charge < -0.3 is 0 Å². The quantitative estimate of drug-likeness (QED) is 0.187. The number of para-hydroxylation sites is 1. The van der Waals surface area contributed by atoms with Crippen molar-refractivity contribution in [3.05, 3.63) is 158 Å². The van der Waals surface area contributed by atoms with Gasteiger partial charge in [-0.05, 0) is 70.8 Å². The Kier molecular flexibility index (Phi) is 5.38. The molecule has 2 aromatic heterocycles. The van der Waals surface area contributed by atoms with Crippen LogP contribution in [-0.4, -0.2) is 9.97 Å². The van der Waals surface area contributed by atoms with Crippen molar-refractivity contribution < 1.29 is 0 Å². The molecule has 2 nitrogen and oxygen atoms in total. The molecule has 9 aromatic rings. The molecule has 1 spiro atoms. The second-order valence-electron chi connectivity index (χ2n) is 12.5. The second-order valence-corrected chi connectivity index (χ2v) is 16.6.